The average Bonchev–Trinajstić information content (AvgIpc) is 3.06. The number of non-ortho nitro benzene ring substituents is 1. The maximum atomic E-state index is 12.3. The lowest BCUT2D eigenvalue weighted by atomic mass is 9.96. The highest BCUT2D eigenvalue weighted by Gasteiger charge is 2.27. The van der Waals surface area contributed by atoms with Gasteiger partial charge in [0.25, 0.3) is 5.69 Å². The first-order valence-electron chi connectivity index (χ1n) is 6.05. The van der Waals surface area contributed by atoms with Crippen LogP contribution in [0.15, 0.2) is 24.4 Å². The van der Waals surface area contributed by atoms with Crippen molar-refractivity contribution in [3.05, 3.63) is 40.1 Å². The molecule has 6 nitrogen and oxygen atoms in total. The maximum absolute atomic E-state index is 12.3. The number of nitro benzene ring substituents is 1. The first-order chi connectivity index (χ1) is 9.18. The molecule has 0 bridgehead atoms. The van der Waals surface area contributed by atoms with Crippen molar-refractivity contribution in [1.29, 1.82) is 0 Å². The van der Waals surface area contributed by atoms with Crippen LogP contribution in [-0.2, 0) is 4.74 Å². The van der Waals surface area contributed by atoms with E-state index in [0.717, 1.165) is 0 Å². The Labute approximate surface area is 108 Å². The molecular weight excluding hydrogens is 248 g/mol. The molecule has 3 rings (SSSR count). The van der Waals surface area contributed by atoms with Gasteiger partial charge < -0.3 is 9.72 Å². The highest BCUT2D eigenvalue weighted by atomic mass is 16.6. The van der Waals surface area contributed by atoms with Crippen LogP contribution in [0.25, 0.3) is 10.9 Å². The number of aromatic nitrogens is 1. The number of fused-ring (bicyclic) bond motifs is 1. The van der Waals surface area contributed by atoms with Crippen LogP contribution < -0.4 is 0 Å². The number of rotatable bonds is 3. The van der Waals surface area contributed by atoms with Gasteiger partial charge >= 0.3 is 0 Å². The van der Waals surface area contributed by atoms with E-state index in [2.05, 4.69) is 4.98 Å². The van der Waals surface area contributed by atoms with Gasteiger partial charge in [-0.05, 0) is 6.42 Å². The second kappa shape index (κ2) is 4.47. The van der Waals surface area contributed by atoms with E-state index in [0.29, 0.717) is 36.1 Å². The fraction of sp³-hybridized carbons (Fsp3) is 0.308. The number of hydrogen-bond donors (Lipinski definition) is 1. The minimum atomic E-state index is -0.453. The molecule has 1 saturated heterocycles. The van der Waals surface area contributed by atoms with Crippen LogP contribution in [-0.4, -0.2) is 28.9 Å². The number of nitrogens with one attached hydrogen (secondary N) is 1. The van der Waals surface area contributed by atoms with Crippen LogP contribution >= 0.6 is 0 Å². The molecular formula is C13H12N2O4. The monoisotopic (exact) mass is 260 g/mol. The SMILES string of the molecule is O=C(c1c[nH]c2c([N+](=O)[O-])cccc12)C1CCOC1. The standard InChI is InChI=1S/C13H12N2O4/c16-13(8-4-5-19-7-8)10-6-14-12-9(10)2-1-3-11(12)15(17)18/h1-3,6,8,14H,4-5,7H2. The van der Waals surface area contributed by atoms with E-state index >= 15 is 0 Å². The average molecular weight is 260 g/mol. The van der Waals surface area contributed by atoms with E-state index in [1.165, 1.54) is 6.07 Å². The molecule has 1 N–H and O–H groups in total. The van der Waals surface area contributed by atoms with E-state index < -0.39 is 4.92 Å². The Morgan fingerprint density at radius 2 is 2.32 bits per heavy atom. The maximum Gasteiger partial charge on any atom is 0.293 e. The van der Waals surface area contributed by atoms with Crippen molar-refractivity contribution >= 4 is 22.4 Å². The summed E-state index contributed by atoms with van der Waals surface area (Å²) in [6.45, 7) is 1.03. The molecule has 1 atom stereocenters. The number of ketones is 1. The molecule has 6 heteroatoms. The zero-order chi connectivity index (χ0) is 13.4. The zero-order valence-corrected chi connectivity index (χ0v) is 10.1. The van der Waals surface area contributed by atoms with Crippen LogP contribution in [0.2, 0.25) is 0 Å². The lowest BCUT2D eigenvalue weighted by Gasteiger charge is -2.04. The first-order valence-corrected chi connectivity index (χ1v) is 6.05. The molecule has 1 aliphatic heterocycles. The summed E-state index contributed by atoms with van der Waals surface area (Å²) in [5.74, 6) is -0.150. The van der Waals surface area contributed by atoms with Crippen molar-refractivity contribution in [2.24, 2.45) is 5.92 Å². The smallest absolute Gasteiger partial charge is 0.293 e. The number of benzene rings is 1. The van der Waals surface area contributed by atoms with E-state index in [9.17, 15) is 14.9 Å². The number of aromatic amines is 1. The predicted molar refractivity (Wildman–Crippen MR) is 68.2 cm³/mol. The van der Waals surface area contributed by atoms with Crippen molar-refractivity contribution in [2.45, 2.75) is 6.42 Å². The molecule has 2 heterocycles. The summed E-state index contributed by atoms with van der Waals surface area (Å²) in [5.41, 5.74) is 0.892. The van der Waals surface area contributed by atoms with Gasteiger partial charge in [0.15, 0.2) is 5.78 Å². The van der Waals surface area contributed by atoms with Gasteiger partial charge in [-0.2, -0.15) is 0 Å². The van der Waals surface area contributed by atoms with Gasteiger partial charge in [-0.25, -0.2) is 0 Å². The van der Waals surface area contributed by atoms with Crippen molar-refractivity contribution in [1.82, 2.24) is 4.98 Å². The number of para-hydroxylation sites is 1. The molecule has 1 unspecified atom stereocenters. The molecule has 1 aromatic carbocycles. The van der Waals surface area contributed by atoms with Gasteiger partial charge in [-0.3, -0.25) is 14.9 Å². The summed E-state index contributed by atoms with van der Waals surface area (Å²) < 4.78 is 5.21. The minimum Gasteiger partial charge on any atom is -0.381 e. The van der Waals surface area contributed by atoms with Crippen LogP contribution in [0.4, 0.5) is 5.69 Å². The van der Waals surface area contributed by atoms with E-state index in [-0.39, 0.29) is 17.4 Å². The van der Waals surface area contributed by atoms with Gasteiger partial charge in [0.2, 0.25) is 0 Å². The molecule has 2 aromatic rings. The van der Waals surface area contributed by atoms with Gasteiger partial charge in [-0.15, -0.1) is 0 Å². The van der Waals surface area contributed by atoms with E-state index in [4.69, 9.17) is 4.74 Å². The number of nitro groups is 1. The third kappa shape index (κ3) is 1.90. The number of H-pyrrole nitrogens is 1. The Morgan fingerprint density at radius 3 is 3.00 bits per heavy atom. The zero-order valence-electron chi connectivity index (χ0n) is 10.1. The summed E-state index contributed by atoms with van der Waals surface area (Å²) in [6, 6.07) is 4.74. The van der Waals surface area contributed by atoms with Crippen molar-refractivity contribution in [2.75, 3.05) is 13.2 Å². The lowest BCUT2D eigenvalue weighted by molar-refractivity contribution is -0.383. The topological polar surface area (TPSA) is 85.2 Å². The number of ether oxygens (including phenoxy) is 1. The summed E-state index contributed by atoms with van der Waals surface area (Å²) in [7, 11) is 0. The molecule has 1 aliphatic rings. The fourth-order valence-corrected chi connectivity index (χ4v) is 2.46. The van der Waals surface area contributed by atoms with Crippen LogP contribution in [0.3, 0.4) is 0 Å². The number of Topliss-reactive ketones (excluding diaryl/α,β-unsaturated/α-hetero) is 1. The molecule has 0 aliphatic carbocycles. The summed E-state index contributed by atoms with van der Waals surface area (Å²) >= 11 is 0. The summed E-state index contributed by atoms with van der Waals surface area (Å²) in [4.78, 5) is 25.7. The van der Waals surface area contributed by atoms with E-state index in [1.54, 1.807) is 18.3 Å². The summed E-state index contributed by atoms with van der Waals surface area (Å²) in [5, 5.41) is 11.5. The molecule has 1 fully saturated rings. The molecule has 98 valence electrons. The van der Waals surface area contributed by atoms with Crippen molar-refractivity contribution in [3.8, 4) is 0 Å². The second-order valence-electron chi connectivity index (χ2n) is 4.58. The van der Waals surface area contributed by atoms with Gasteiger partial charge in [-0.1, -0.05) is 12.1 Å². The van der Waals surface area contributed by atoms with Crippen molar-refractivity contribution < 1.29 is 14.5 Å². The minimum absolute atomic E-state index is 0.00996. The van der Waals surface area contributed by atoms with Gasteiger partial charge in [0.1, 0.15) is 5.52 Å². The predicted octanol–water partition coefficient (Wildman–Crippen LogP) is 2.30. The number of carbonyl (C=O) groups excluding carboxylic acids is 1. The van der Waals surface area contributed by atoms with Crippen LogP contribution in [0.1, 0.15) is 16.8 Å². The second-order valence-corrected chi connectivity index (χ2v) is 4.58. The lowest BCUT2D eigenvalue weighted by Crippen LogP contribution is -2.14. The molecule has 0 amide bonds. The Balaban J connectivity index is 2.08. The number of hydrogen-bond acceptors (Lipinski definition) is 4. The number of carbonyl (C=O) groups is 1. The molecule has 0 spiro atoms. The van der Waals surface area contributed by atoms with Crippen LogP contribution in [0.5, 0.6) is 0 Å². The Bertz CT molecular complexity index is 656. The van der Waals surface area contributed by atoms with Crippen LogP contribution in [0, 0.1) is 16.0 Å². The van der Waals surface area contributed by atoms with Gasteiger partial charge in [0, 0.05) is 35.7 Å². The van der Waals surface area contributed by atoms with E-state index in [1.807, 2.05) is 0 Å². The highest BCUT2D eigenvalue weighted by molar-refractivity contribution is 6.10. The molecule has 0 saturated carbocycles. The molecule has 19 heavy (non-hydrogen) atoms. The Kier molecular flexibility index (Phi) is 2.79. The van der Waals surface area contributed by atoms with Gasteiger partial charge in [0.05, 0.1) is 11.5 Å². The molecule has 1 aromatic heterocycles. The quantitative estimate of drug-likeness (QED) is 0.521. The highest BCUT2D eigenvalue weighted by Crippen LogP contribution is 2.29. The third-order valence-corrected chi connectivity index (χ3v) is 3.46. The largest absolute Gasteiger partial charge is 0.381 e. The molecule has 0 radical (unpaired) electrons. The first kappa shape index (κ1) is 11.9. The Hall–Kier alpha value is -2.21. The summed E-state index contributed by atoms with van der Waals surface area (Å²) in [6.07, 6.45) is 2.26. The fourth-order valence-electron chi connectivity index (χ4n) is 2.46. The third-order valence-electron chi connectivity index (χ3n) is 3.46. The Morgan fingerprint density at radius 1 is 1.47 bits per heavy atom. The van der Waals surface area contributed by atoms with Crippen molar-refractivity contribution in [3.63, 3.8) is 0 Å². The number of nitrogens with zero attached hydrogens (tertiary/aromatic N) is 1. The normalized spacial score (nSPS) is 18.8.